The lowest BCUT2D eigenvalue weighted by molar-refractivity contribution is -0.133. The molecule has 0 spiro atoms. The molecular formula is C17H19NO3. The van der Waals surface area contributed by atoms with Crippen LogP contribution in [0.15, 0.2) is 30.3 Å². The Morgan fingerprint density at radius 1 is 1.33 bits per heavy atom. The number of hydrogen-bond acceptors (Lipinski definition) is 3. The number of para-hydroxylation sites is 1. The highest BCUT2D eigenvalue weighted by Gasteiger charge is 2.77. The first-order valence-electron chi connectivity index (χ1n) is 7.94. The summed E-state index contributed by atoms with van der Waals surface area (Å²) in [6.45, 7) is 2.09. The fraction of sp³-hybridized carbons (Fsp3) is 0.588. The maximum atomic E-state index is 13.1. The van der Waals surface area contributed by atoms with Crippen LogP contribution in [0.25, 0.3) is 0 Å². The Bertz CT molecular complexity index is 618. The van der Waals surface area contributed by atoms with Crippen molar-refractivity contribution >= 4 is 11.6 Å². The van der Waals surface area contributed by atoms with Crippen molar-refractivity contribution < 1.29 is 14.6 Å². The van der Waals surface area contributed by atoms with Gasteiger partial charge >= 0.3 is 0 Å². The number of benzene rings is 1. The SMILES string of the molecule is CC[C@]12O[C@@H]3[C@H](O)[C@H]4C[C@H]3[C@H]1[C@H]4C(=O)N2c1ccccc1. The molecule has 2 saturated heterocycles. The summed E-state index contributed by atoms with van der Waals surface area (Å²) < 4.78 is 6.37. The molecule has 5 rings (SSSR count). The molecule has 1 aromatic rings. The molecule has 0 aromatic heterocycles. The average molecular weight is 285 g/mol. The number of nitrogens with zero attached hydrogens (tertiary/aromatic N) is 1. The van der Waals surface area contributed by atoms with Crippen LogP contribution < -0.4 is 4.90 Å². The van der Waals surface area contributed by atoms with Gasteiger partial charge in [0.2, 0.25) is 5.91 Å². The fourth-order valence-corrected chi connectivity index (χ4v) is 5.69. The van der Waals surface area contributed by atoms with Gasteiger partial charge in [-0.2, -0.15) is 0 Å². The molecule has 2 heterocycles. The van der Waals surface area contributed by atoms with Gasteiger partial charge in [-0.15, -0.1) is 0 Å². The summed E-state index contributed by atoms with van der Waals surface area (Å²) in [5.74, 6) is 0.808. The monoisotopic (exact) mass is 285 g/mol. The molecule has 2 aliphatic carbocycles. The Morgan fingerprint density at radius 3 is 2.81 bits per heavy atom. The highest BCUT2D eigenvalue weighted by Crippen LogP contribution is 2.68. The average Bonchev–Trinajstić information content (AvgIpc) is 3.16. The summed E-state index contributed by atoms with van der Waals surface area (Å²) in [4.78, 5) is 15.0. The van der Waals surface area contributed by atoms with Crippen LogP contribution in [0.5, 0.6) is 0 Å². The van der Waals surface area contributed by atoms with Crippen molar-refractivity contribution in [3.63, 3.8) is 0 Å². The Morgan fingerprint density at radius 2 is 2.10 bits per heavy atom. The first kappa shape index (κ1) is 12.2. The number of aliphatic hydroxyl groups excluding tert-OH is 1. The van der Waals surface area contributed by atoms with Gasteiger partial charge in [-0.25, -0.2) is 0 Å². The van der Waals surface area contributed by atoms with Gasteiger partial charge in [-0.05, 0) is 36.8 Å². The molecule has 2 bridgehead atoms. The van der Waals surface area contributed by atoms with Crippen molar-refractivity contribution in [2.75, 3.05) is 4.90 Å². The second kappa shape index (κ2) is 3.68. The lowest BCUT2D eigenvalue weighted by atomic mass is 9.76. The molecule has 7 atom stereocenters. The van der Waals surface area contributed by atoms with Crippen LogP contribution in [0.2, 0.25) is 0 Å². The van der Waals surface area contributed by atoms with Gasteiger partial charge in [0, 0.05) is 11.6 Å². The summed E-state index contributed by atoms with van der Waals surface area (Å²) in [7, 11) is 0. The van der Waals surface area contributed by atoms with Gasteiger partial charge in [0.25, 0.3) is 0 Å². The molecule has 1 amide bonds. The summed E-state index contributed by atoms with van der Waals surface area (Å²) in [6.07, 6.45) is 1.21. The number of carbonyl (C=O) groups excluding carboxylic acids is 1. The minimum absolute atomic E-state index is 0.0519. The van der Waals surface area contributed by atoms with E-state index in [2.05, 4.69) is 6.92 Å². The molecule has 110 valence electrons. The smallest absolute Gasteiger partial charge is 0.233 e. The zero-order valence-electron chi connectivity index (χ0n) is 12.0. The predicted molar refractivity (Wildman–Crippen MR) is 76.4 cm³/mol. The van der Waals surface area contributed by atoms with E-state index in [0.29, 0.717) is 5.92 Å². The normalized spacial score (nSPS) is 49.4. The number of anilines is 1. The third kappa shape index (κ3) is 1.16. The summed E-state index contributed by atoms with van der Waals surface area (Å²) >= 11 is 0. The van der Waals surface area contributed by atoms with E-state index in [4.69, 9.17) is 4.74 Å². The summed E-state index contributed by atoms with van der Waals surface area (Å²) in [5, 5.41) is 10.4. The van der Waals surface area contributed by atoms with Gasteiger partial charge < -0.3 is 9.84 Å². The minimum Gasteiger partial charge on any atom is -0.390 e. The van der Waals surface area contributed by atoms with Crippen LogP contribution in [-0.4, -0.2) is 28.9 Å². The molecular weight excluding hydrogens is 266 g/mol. The molecule has 4 heteroatoms. The number of carbonyl (C=O) groups is 1. The van der Waals surface area contributed by atoms with Gasteiger partial charge in [0.1, 0.15) is 0 Å². The van der Waals surface area contributed by atoms with Crippen molar-refractivity contribution in [2.24, 2.45) is 23.7 Å². The van der Waals surface area contributed by atoms with Crippen molar-refractivity contribution in [1.82, 2.24) is 0 Å². The molecule has 4 aliphatic rings. The van der Waals surface area contributed by atoms with Gasteiger partial charge in [0.05, 0.1) is 18.1 Å². The van der Waals surface area contributed by atoms with E-state index >= 15 is 0 Å². The van der Waals surface area contributed by atoms with Crippen LogP contribution in [0.1, 0.15) is 19.8 Å². The van der Waals surface area contributed by atoms with Crippen molar-refractivity contribution in [3.8, 4) is 0 Å². The Balaban J connectivity index is 1.69. The van der Waals surface area contributed by atoms with E-state index < -0.39 is 11.8 Å². The topological polar surface area (TPSA) is 49.8 Å². The molecule has 0 unspecified atom stereocenters. The molecule has 4 nitrogen and oxygen atoms in total. The van der Waals surface area contributed by atoms with Crippen molar-refractivity contribution in [1.29, 1.82) is 0 Å². The molecule has 0 radical (unpaired) electrons. The second-order valence-electron chi connectivity index (χ2n) is 6.90. The minimum atomic E-state index is -0.537. The van der Waals surface area contributed by atoms with Crippen LogP contribution in [0.3, 0.4) is 0 Å². The van der Waals surface area contributed by atoms with Gasteiger partial charge in [0.15, 0.2) is 5.72 Å². The number of aliphatic hydroxyl groups is 1. The fourth-order valence-electron chi connectivity index (χ4n) is 5.69. The summed E-state index contributed by atoms with van der Waals surface area (Å²) in [5.41, 5.74) is 0.387. The predicted octanol–water partition coefficient (Wildman–Crippen LogP) is 1.78. The molecule has 2 aliphatic heterocycles. The highest BCUT2D eigenvalue weighted by molar-refractivity contribution is 6.00. The third-order valence-corrected chi connectivity index (χ3v) is 6.32. The van der Waals surface area contributed by atoms with Crippen LogP contribution >= 0.6 is 0 Å². The molecule has 1 aromatic carbocycles. The maximum absolute atomic E-state index is 13.1. The van der Waals surface area contributed by atoms with Gasteiger partial charge in [-0.3, -0.25) is 9.69 Å². The quantitative estimate of drug-likeness (QED) is 0.901. The standard InChI is InChI=1S/C17H19NO3/c1-2-17-13-11-8-10(14(19)15(11)21-17)12(13)16(20)18(17)9-6-4-3-5-7-9/h3-7,10-15,19H,2,8H2,1H3/t10-,11-,12-,13-,14+,15-,17-/m0/s1. The molecule has 1 N–H and O–H groups in total. The van der Waals surface area contributed by atoms with Crippen molar-refractivity contribution in [2.45, 2.75) is 37.7 Å². The second-order valence-corrected chi connectivity index (χ2v) is 6.90. The molecule has 2 saturated carbocycles. The Hall–Kier alpha value is -1.39. The van der Waals surface area contributed by atoms with Crippen molar-refractivity contribution in [3.05, 3.63) is 30.3 Å². The van der Waals surface area contributed by atoms with E-state index in [-0.39, 0.29) is 29.8 Å². The number of amides is 1. The number of rotatable bonds is 2. The largest absolute Gasteiger partial charge is 0.390 e. The van der Waals surface area contributed by atoms with E-state index in [1.165, 1.54) is 0 Å². The highest BCUT2D eigenvalue weighted by atomic mass is 16.6. The van der Waals surface area contributed by atoms with E-state index in [1.54, 1.807) is 0 Å². The lowest BCUT2D eigenvalue weighted by Gasteiger charge is -2.38. The Kier molecular flexibility index (Phi) is 2.13. The van der Waals surface area contributed by atoms with Crippen LogP contribution in [-0.2, 0) is 9.53 Å². The summed E-state index contributed by atoms with van der Waals surface area (Å²) in [6, 6.07) is 9.84. The number of hydrogen-bond donors (Lipinski definition) is 1. The van der Waals surface area contributed by atoms with Crippen LogP contribution in [0, 0.1) is 23.7 Å². The van der Waals surface area contributed by atoms with E-state index in [9.17, 15) is 9.90 Å². The van der Waals surface area contributed by atoms with Gasteiger partial charge in [-0.1, -0.05) is 25.1 Å². The van der Waals surface area contributed by atoms with Crippen LogP contribution in [0.4, 0.5) is 5.69 Å². The molecule has 21 heavy (non-hydrogen) atoms. The van der Waals surface area contributed by atoms with E-state index in [1.807, 2.05) is 35.2 Å². The third-order valence-electron chi connectivity index (χ3n) is 6.32. The first-order valence-corrected chi connectivity index (χ1v) is 7.94. The Labute approximate surface area is 123 Å². The maximum Gasteiger partial charge on any atom is 0.233 e. The zero-order valence-corrected chi connectivity index (χ0v) is 12.0. The zero-order chi connectivity index (χ0) is 14.4. The first-order chi connectivity index (χ1) is 10.2. The van der Waals surface area contributed by atoms with E-state index in [0.717, 1.165) is 18.5 Å². The molecule has 4 fully saturated rings. The number of fused-ring (bicyclic) bond motifs is 2. The number of ether oxygens (including phenoxy) is 1. The lowest BCUT2D eigenvalue weighted by Crippen LogP contribution is -2.50.